The van der Waals surface area contributed by atoms with Crippen LogP contribution in [0.2, 0.25) is 0 Å². The van der Waals surface area contributed by atoms with Gasteiger partial charge in [-0.3, -0.25) is 0 Å². The van der Waals surface area contributed by atoms with E-state index in [2.05, 4.69) is 35.3 Å². The molecule has 3 unspecified atom stereocenters. The third kappa shape index (κ3) is 4.15. The molecule has 0 aromatic heterocycles. The van der Waals surface area contributed by atoms with E-state index in [9.17, 15) is 0 Å². The van der Waals surface area contributed by atoms with E-state index in [1.807, 2.05) is 0 Å². The first kappa shape index (κ1) is 13.7. The van der Waals surface area contributed by atoms with Gasteiger partial charge in [-0.15, -0.1) is 0 Å². The summed E-state index contributed by atoms with van der Waals surface area (Å²) in [6.45, 7) is 2.51. The van der Waals surface area contributed by atoms with E-state index in [1.165, 1.54) is 58.0 Å². The van der Waals surface area contributed by atoms with Crippen molar-refractivity contribution in [1.29, 1.82) is 0 Å². The second kappa shape index (κ2) is 7.01. The molecule has 0 aromatic rings. The number of likely N-dealkylation sites (N-methyl/N-ethyl adjacent to an activating group) is 1. The van der Waals surface area contributed by atoms with Crippen molar-refractivity contribution >= 4 is 11.8 Å². The summed E-state index contributed by atoms with van der Waals surface area (Å²) in [7, 11) is 2.29. The number of rotatable bonds is 4. The molecule has 1 saturated heterocycles. The Morgan fingerprint density at radius 1 is 1.18 bits per heavy atom. The van der Waals surface area contributed by atoms with Crippen LogP contribution in [0, 0.1) is 0 Å². The van der Waals surface area contributed by atoms with Crippen molar-refractivity contribution in [1.82, 2.24) is 10.2 Å². The summed E-state index contributed by atoms with van der Waals surface area (Å²) in [6, 6.07) is 1.58. The highest BCUT2D eigenvalue weighted by Gasteiger charge is 2.23. The number of likely N-dealkylation sites (tertiary alicyclic amines) is 1. The average molecular weight is 256 g/mol. The van der Waals surface area contributed by atoms with Crippen LogP contribution in [0.15, 0.2) is 0 Å². The Balaban J connectivity index is 1.69. The molecule has 1 saturated carbocycles. The van der Waals surface area contributed by atoms with Gasteiger partial charge in [-0.05, 0) is 52.0 Å². The number of hydrogen-bond donors (Lipinski definition) is 1. The maximum absolute atomic E-state index is 3.83. The van der Waals surface area contributed by atoms with Gasteiger partial charge in [0.1, 0.15) is 0 Å². The lowest BCUT2D eigenvalue weighted by atomic mass is 9.94. The van der Waals surface area contributed by atoms with Gasteiger partial charge in [-0.2, -0.15) is 11.8 Å². The lowest BCUT2D eigenvalue weighted by Gasteiger charge is -2.35. The second-order valence-electron chi connectivity index (χ2n) is 5.76. The molecule has 3 atom stereocenters. The van der Waals surface area contributed by atoms with Crippen LogP contribution in [0.1, 0.15) is 44.9 Å². The Bertz CT molecular complexity index is 222. The van der Waals surface area contributed by atoms with Crippen LogP contribution >= 0.6 is 11.8 Å². The minimum absolute atomic E-state index is 0.788. The zero-order valence-corrected chi connectivity index (χ0v) is 12.3. The molecule has 17 heavy (non-hydrogen) atoms. The van der Waals surface area contributed by atoms with Gasteiger partial charge in [0.25, 0.3) is 0 Å². The molecular formula is C14H28N2S. The second-order valence-corrected chi connectivity index (χ2v) is 6.90. The number of thioether (sulfide) groups is 1. The van der Waals surface area contributed by atoms with Crippen LogP contribution in [0.4, 0.5) is 0 Å². The fraction of sp³-hybridized carbons (Fsp3) is 1.00. The summed E-state index contributed by atoms with van der Waals surface area (Å²) in [5.41, 5.74) is 0. The smallest absolute Gasteiger partial charge is 0.0217 e. The van der Waals surface area contributed by atoms with Crippen LogP contribution in [-0.4, -0.2) is 48.6 Å². The predicted molar refractivity (Wildman–Crippen MR) is 77.8 cm³/mol. The molecule has 0 radical (unpaired) electrons. The topological polar surface area (TPSA) is 15.3 Å². The van der Waals surface area contributed by atoms with Crippen LogP contribution in [0.3, 0.4) is 0 Å². The highest BCUT2D eigenvalue weighted by Crippen LogP contribution is 2.27. The van der Waals surface area contributed by atoms with Crippen molar-refractivity contribution in [3.63, 3.8) is 0 Å². The Hall–Kier alpha value is 0.270. The lowest BCUT2D eigenvalue weighted by Crippen LogP contribution is -2.46. The number of piperidine rings is 1. The SMILES string of the molecule is CSC1CCCC(NCC2CCCCN2C)C1. The predicted octanol–water partition coefficient (Wildman–Crippen LogP) is 2.73. The monoisotopic (exact) mass is 256 g/mol. The number of nitrogens with zero attached hydrogens (tertiary/aromatic N) is 1. The van der Waals surface area contributed by atoms with Gasteiger partial charge in [0.15, 0.2) is 0 Å². The normalized spacial score (nSPS) is 36.0. The summed E-state index contributed by atoms with van der Waals surface area (Å²) in [4.78, 5) is 2.55. The fourth-order valence-electron chi connectivity index (χ4n) is 3.25. The molecule has 3 heteroatoms. The van der Waals surface area contributed by atoms with Gasteiger partial charge in [0.05, 0.1) is 0 Å². The van der Waals surface area contributed by atoms with Crippen molar-refractivity contribution in [3.05, 3.63) is 0 Å². The molecule has 0 amide bonds. The van der Waals surface area contributed by atoms with Crippen LogP contribution in [0.25, 0.3) is 0 Å². The first-order chi connectivity index (χ1) is 8.29. The summed E-state index contributed by atoms with van der Waals surface area (Å²) in [5, 5.41) is 4.74. The summed E-state index contributed by atoms with van der Waals surface area (Å²) in [5.74, 6) is 0. The zero-order valence-electron chi connectivity index (χ0n) is 11.5. The van der Waals surface area contributed by atoms with E-state index in [1.54, 1.807) is 0 Å². The lowest BCUT2D eigenvalue weighted by molar-refractivity contribution is 0.174. The van der Waals surface area contributed by atoms with Crippen molar-refractivity contribution in [3.8, 4) is 0 Å². The van der Waals surface area contributed by atoms with E-state index in [0.717, 1.165) is 17.3 Å². The first-order valence-corrected chi connectivity index (χ1v) is 8.55. The summed E-state index contributed by atoms with van der Waals surface area (Å²) < 4.78 is 0. The molecular weight excluding hydrogens is 228 g/mol. The van der Waals surface area contributed by atoms with Crippen molar-refractivity contribution in [2.75, 3.05) is 26.4 Å². The van der Waals surface area contributed by atoms with Gasteiger partial charge in [-0.1, -0.05) is 12.8 Å². The van der Waals surface area contributed by atoms with E-state index in [4.69, 9.17) is 0 Å². The molecule has 2 nitrogen and oxygen atoms in total. The van der Waals surface area contributed by atoms with E-state index in [0.29, 0.717) is 0 Å². The van der Waals surface area contributed by atoms with E-state index < -0.39 is 0 Å². The van der Waals surface area contributed by atoms with Crippen LogP contribution < -0.4 is 5.32 Å². The standard InChI is InChI=1S/C14H28N2S/c1-16-9-4-3-7-13(16)11-15-12-6-5-8-14(10-12)17-2/h12-15H,3-11H2,1-2H3. The summed E-state index contributed by atoms with van der Waals surface area (Å²) in [6.07, 6.45) is 12.1. The number of nitrogens with one attached hydrogen (secondary N) is 1. The molecule has 0 spiro atoms. The molecule has 1 aliphatic carbocycles. The molecule has 2 fully saturated rings. The maximum Gasteiger partial charge on any atom is 0.0217 e. The zero-order chi connectivity index (χ0) is 12.1. The third-order valence-corrected chi connectivity index (χ3v) is 5.62. The van der Waals surface area contributed by atoms with Crippen molar-refractivity contribution in [2.45, 2.75) is 62.3 Å². The molecule has 1 heterocycles. The highest BCUT2D eigenvalue weighted by atomic mass is 32.2. The van der Waals surface area contributed by atoms with Crippen molar-refractivity contribution < 1.29 is 0 Å². The quantitative estimate of drug-likeness (QED) is 0.832. The van der Waals surface area contributed by atoms with Gasteiger partial charge < -0.3 is 10.2 Å². The molecule has 1 N–H and O–H groups in total. The average Bonchev–Trinajstić information content (AvgIpc) is 2.38. The number of hydrogen-bond acceptors (Lipinski definition) is 3. The van der Waals surface area contributed by atoms with E-state index >= 15 is 0 Å². The third-order valence-electron chi connectivity index (χ3n) is 4.52. The van der Waals surface area contributed by atoms with Crippen LogP contribution in [-0.2, 0) is 0 Å². The van der Waals surface area contributed by atoms with Gasteiger partial charge in [-0.25, -0.2) is 0 Å². The molecule has 2 rings (SSSR count). The first-order valence-electron chi connectivity index (χ1n) is 7.26. The minimum Gasteiger partial charge on any atom is -0.312 e. The van der Waals surface area contributed by atoms with E-state index in [-0.39, 0.29) is 0 Å². The van der Waals surface area contributed by atoms with Gasteiger partial charge in [0, 0.05) is 23.9 Å². The fourth-order valence-corrected chi connectivity index (χ4v) is 4.08. The maximum atomic E-state index is 3.83. The highest BCUT2D eigenvalue weighted by molar-refractivity contribution is 7.99. The largest absolute Gasteiger partial charge is 0.312 e. The Kier molecular flexibility index (Phi) is 5.64. The van der Waals surface area contributed by atoms with Gasteiger partial charge in [0.2, 0.25) is 0 Å². The Morgan fingerprint density at radius 3 is 2.82 bits per heavy atom. The Labute approximate surface area is 111 Å². The minimum atomic E-state index is 0.788. The molecule has 0 aromatic carbocycles. The van der Waals surface area contributed by atoms with Crippen molar-refractivity contribution in [2.24, 2.45) is 0 Å². The molecule has 2 aliphatic rings. The van der Waals surface area contributed by atoms with Crippen LogP contribution in [0.5, 0.6) is 0 Å². The summed E-state index contributed by atoms with van der Waals surface area (Å²) >= 11 is 2.06. The molecule has 1 aliphatic heterocycles. The van der Waals surface area contributed by atoms with Gasteiger partial charge >= 0.3 is 0 Å². The molecule has 0 bridgehead atoms. The molecule has 100 valence electrons. The Morgan fingerprint density at radius 2 is 2.06 bits per heavy atom.